The zero-order valence-corrected chi connectivity index (χ0v) is 16.0. The molecule has 27 heavy (non-hydrogen) atoms. The first kappa shape index (κ1) is 20.2. The Kier molecular flexibility index (Phi) is 5.85. The second kappa shape index (κ2) is 7.83. The third kappa shape index (κ3) is 5.04. The van der Waals surface area contributed by atoms with Crippen LogP contribution in [-0.4, -0.2) is 53.6 Å². The van der Waals surface area contributed by atoms with Crippen LogP contribution in [0.4, 0.5) is 0 Å². The molecule has 0 spiro atoms. The van der Waals surface area contributed by atoms with Gasteiger partial charge in [0.1, 0.15) is 18.3 Å². The minimum atomic E-state index is -1.10. The van der Waals surface area contributed by atoms with Crippen LogP contribution in [0.2, 0.25) is 0 Å². The number of hydrogen-bond acceptors (Lipinski definition) is 7. The predicted molar refractivity (Wildman–Crippen MR) is 94.1 cm³/mol. The summed E-state index contributed by atoms with van der Waals surface area (Å²) in [6, 6.07) is 9.44. The van der Waals surface area contributed by atoms with Gasteiger partial charge in [-0.2, -0.15) is 0 Å². The van der Waals surface area contributed by atoms with E-state index in [1.54, 1.807) is 27.7 Å². The Balaban J connectivity index is 1.60. The fourth-order valence-electron chi connectivity index (χ4n) is 3.16. The number of aliphatic hydroxyl groups excluding tert-OH is 1. The molecule has 0 unspecified atom stereocenters. The molecule has 0 aliphatic carbocycles. The van der Waals surface area contributed by atoms with Gasteiger partial charge in [-0.25, -0.2) is 5.48 Å². The molecule has 0 radical (unpaired) electrons. The van der Waals surface area contributed by atoms with Crippen LogP contribution in [0.3, 0.4) is 0 Å². The average molecular weight is 381 g/mol. The van der Waals surface area contributed by atoms with Gasteiger partial charge in [0, 0.05) is 0 Å². The van der Waals surface area contributed by atoms with Crippen molar-refractivity contribution in [2.45, 2.75) is 70.3 Å². The zero-order valence-electron chi connectivity index (χ0n) is 16.0. The first-order valence-electron chi connectivity index (χ1n) is 8.98. The van der Waals surface area contributed by atoms with E-state index in [2.05, 4.69) is 5.48 Å². The molecule has 2 heterocycles. The molecule has 0 saturated carbocycles. The van der Waals surface area contributed by atoms with E-state index < -0.39 is 41.9 Å². The van der Waals surface area contributed by atoms with Gasteiger partial charge < -0.3 is 24.1 Å². The molecule has 0 aromatic heterocycles. The first-order chi connectivity index (χ1) is 12.7. The Morgan fingerprint density at radius 3 is 2.52 bits per heavy atom. The third-order valence-electron chi connectivity index (χ3n) is 4.39. The highest BCUT2D eigenvalue weighted by Gasteiger charge is 2.52. The smallest absolute Gasteiger partial charge is 0.275 e. The molecule has 0 bridgehead atoms. The number of hydroxylamine groups is 1. The number of amides is 1. The number of carbonyl (C=O) groups is 1. The van der Waals surface area contributed by atoms with E-state index >= 15 is 0 Å². The minimum Gasteiger partial charge on any atom is -0.387 e. The van der Waals surface area contributed by atoms with E-state index in [1.165, 1.54) is 0 Å². The maximum atomic E-state index is 12.6. The standard InChI is InChI=1S/C19H27NO7/c1-18(2)23-11-13(25-18)14(21)15-16(27-19(3,4)26-15)17(22)20-24-10-12-8-6-5-7-9-12/h5-9,13-16,21H,10-11H2,1-4H3,(H,20,22)/t13-,14-,15+,16+/m1/s1. The summed E-state index contributed by atoms with van der Waals surface area (Å²) in [6.07, 6.45) is -3.68. The number of ether oxygens (including phenoxy) is 4. The van der Waals surface area contributed by atoms with E-state index in [4.69, 9.17) is 23.8 Å². The number of benzene rings is 1. The zero-order chi connectivity index (χ0) is 19.7. The summed E-state index contributed by atoms with van der Waals surface area (Å²) in [5.74, 6) is -2.35. The van der Waals surface area contributed by atoms with Crippen molar-refractivity contribution >= 4 is 5.91 Å². The lowest BCUT2D eigenvalue weighted by Crippen LogP contribution is -2.50. The van der Waals surface area contributed by atoms with Gasteiger partial charge in [-0.15, -0.1) is 0 Å². The minimum absolute atomic E-state index is 0.202. The van der Waals surface area contributed by atoms with Crippen LogP contribution in [0, 0.1) is 0 Å². The molecular weight excluding hydrogens is 354 g/mol. The second-order valence-corrected chi connectivity index (χ2v) is 7.62. The summed E-state index contributed by atoms with van der Waals surface area (Å²) in [7, 11) is 0. The summed E-state index contributed by atoms with van der Waals surface area (Å²) < 4.78 is 22.6. The maximum Gasteiger partial charge on any atom is 0.275 e. The lowest BCUT2D eigenvalue weighted by Gasteiger charge is -2.26. The Bertz CT molecular complexity index is 649. The summed E-state index contributed by atoms with van der Waals surface area (Å²) in [6.45, 7) is 7.30. The van der Waals surface area contributed by atoms with E-state index in [-0.39, 0.29) is 13.2 Å². The van der Waals surface area contributed by atoms with Crippen LogP contribution in [0.1, 0.15) is 33.3 Å². The van der Waals surface area contributed by atoms with Crippen molar-refractivity contribution in [2.75, 3.05) is 6.61 Å². The molecule has 2 N–H and O–H groups in total. The molecule has 1 aromatic carbocycles. The number of carbonyl (C=O) groups excluding carboxylic acids is 1. The van der Waals surface area contributed by atoms with Crippen molar-refractivity contribution in [3.8, 4) is 0 Å². The van der Waals surface area contributed by atoms with Crippen molar-refractivity contribution in [1.29, 1.82) is 0 Å². The fraction of sp³-hybridized carbons (Fsp3) is 0.632. The van der Waals surface area contributed by atoms with Crippen LogP contribution in [0.15, 0.2) is 30.3 Å². The highest BCUT2D eigenvalue weighted by atomic mass is 16.8. The van der Waals surface area contributed by atoms with Crippen molar-refractivity contribution in [3.63, 3.8) is 0 Å². The first-order valence-corrected chi connectivity index (χ1v) is 8.98. The topological polar surface area (TPSA) is 95.5 Å². The molecular formula is C19H27NO7. The molecule has 1 aromatic rings. The number of hydrogen-bond donors (Lipinski definition) is 2. The van der Waals surface area contributed by atoms with Crippen LogP contribution < -0.4 is 5.48 Å². The highest BCUT2D eigenvalue weighted by Crippen LogP contribution is 2.34. The molecule has 3 rings (SSSR count). The summed E-state index contributed by atoms with van der Waals surface area (Å²) in [5, 5.41) is 10.7. The maximum absolute atomic E-state index is 12.6. The van der Waals surface area contributed by atoms with Crippen molar-refractivity contribution < 1.29 is 33.7 Å². The molecule has 8 nitrogen and oxygen atoms in total. The van der Waals surface area contributed by atoms with Crippen LogP contribution in [-0.2, 0) is 35.2 Å². The summed E-state index contributed by atoms with van der Waals surface area (Å²) in [5.41, 5.74) is 3.29. The van der Waals surface area contributed by atoms with Gasteiger partial charge in [0.2, 0.25) is 0 Å². The van der Waals surface area contributed by atoms with Crippen LogP contribution in [0.25, 0.3) is 0 Å². The van der Waals surface area contributed by atoms with Crippen molar-refractivity contribution in [1.82, 2.24) is 5.48 Å². The quantitative estimate of drug-likeness (QED) is 0.717. The molecule has 2 aliphatic rings. The lowest BCUT2D eigenvalue weighted by atomic mass is 10.0. The van der Waals surface area contributed by atoms with E-state index in [0.29, 0.717) is 0 Å². The fourth-order valence-corrected chi connectivity index (χ4v) is 3.16. The summed E-state index contributed by atoms with van der Waals surface area (Å²) in [4.78, 5) is 17.8. The molecule has 2 aliphatic heterocycles. The van der Waals surface area contributed by atoms with E-state index in [9.17, 15) is 9.90 Å². The third-order valence-corrected chi connectivity index (χ3v) is 4.39. The Morgan fingerprint density at radius 1 is 1.19 bits per heavy atom. The molecule has 8 heteroatoms. The monoisotopic (exact) mass is 381 g/mol. The van der Waals surface area contributed by atoms with Gasteiger partial charge in [0.25, 0.3) is 5.91 Å². The average Bonchev–Trinajstić information content (AvgIpc) is 3.14. The van der Waals surface area contributed by atoms with Crippen molar-refractivity contribution in [3.05, 3.63) is 35.9 Å². The Labute approximate surface area is 158 Å². The molecule has 150 valence electrons. The summed E-state index contributed by atoms with van der Waals surface area (Å²) >= 11 is 0. The van der Waals surface area contributed by atoms with Crippen molar-refractivity contribution in [2.24, 2.45) is 0 Å². The number of aliphatic hydroxyl groups is 1. The second-order valence-electron chi connectivity index (χ2n) is 7.62. The predicted octanol–water partition coefficient (Wildman–Crippen LogP) is 1.27. The van der Waals surface area contributed by atoms with Gasteiger partial charge in [-0.05, 0) is 33.3 Å². The van der Waals surface area contributed by atoms with Gasteiger partial charge in [-0.3, -0.25) is 9.63 Å². The van der Waals surface area contributed by atoms with Gasteiger partial charge in [0.05, 0.1) is 13.2 Å². The Hall–Kier alpha value is -1.55. The number of nitrogens with one attached hydrogen (secondary N) is 1. The van der Waals surface area contributed by atoms with Gasteiger partial charge in [-0.1, -0.05) is 30.3 Å². The number of rotatable bonds is 6. The highest BCUT2D eigenvalue weighted by molar-refractivity contribution is 5.80. The Morgan fingerprint density at radius 2 is 1.89 bits per heavy atom. The lowest BCUT2D eigenvalue weighted by molar-refractivity contribution is -0.179. The molecule has 1 amide bonds. The van der Waals surface area contributed by atoms with Crippen LogP contribution in [0.5, 0.6) is 0 Å². The molecule has 4 atom stereocenters. The van der Waals surface area contributed by atoms with Crippen LogP contribution >= 0.6 is 0 Å². The normalized spacial score (nSPS) is 30.2. The SMILES string of the molecule is CC1(C)O[C@@H]([C@H](O)[C@H]2COC(C)(C)O2)[C@@H](C(=O)NOCc2ccccc2)O1. The van der Waals surface area contributed by atoms with Gasteiger partial charge in [0.15, 0.2) is 17.7 Å². The molecule has 2 saturated heterocycles. The van der Waals surface area contributed by atoms with E-state index in [1.807, 2.05) is 30.3 Å². The largest absolute Gasteiger partial charge is 0.387 e. The van der Waals surface area contributed by atoms with Gasteiger partial charge >= 0.3 is 0 Å². The van der Waals surface area contributed by atoms with E-state index in [0.717, 1.165) is 5.56 Å². The molecule has 2 fully saturated rings.